The topological polar surface area (TPSA) is 69.6 Å². The van der Waals surface area contributed by atoms with Crippen LogP contribution in [0.25, 0.3) is 0 Å². The van der Waals surface area contributed by atoms with E-state index in [9.17, 15) is 15.0 Å². The molecule has 4 heteroatoms. The van der Waals surface area contributed by atoms with Crippen LogP contribution in [-0.4, -0.2) is 34.9 Å². The normalized spacial score (nSPS) is 47.7. The van der Waals surface area contributed by atoms with Gasteiger partial charge in [0, 0.05) is 12.1 Å². The van der Waals surface area contributed by atoms with Gasteiger partial charge in [0.25, 0.3) is 0 Å². The maximum atomic E-state index is 11.6. The fourth-order valence-corrected chi connectivity index (χ4v) is 13.2. The van der Waals surface area contributed by atoms with Gasteiger partial charge in [-0.2, -0.15) is 0 Å². The van der Waals surface area contributed by atoms with Crippen LogP contribution in [0.2, 0.25) is 0 Å². The van der Waals surface area contributed by atoms with Crippen molar-refractivity contribution in [3.63, 3.8) is 0 Å². The van der Waals surface area contributed by atoms with Gasteiger partial charge in [0.2, 0.25) is 0 Å². The van der Waals surface area contributed by atoms with Crippen LogP contribution in [0, 0.1) is 57.2 Å². The van der Waals surface area contributed by atoms with Crippen LogP contribution in [0.4, 0.5) is 0 Å². The van der Waals surface area contributed by atoms with Crippen molar-refractivity contribution in [3.8, 4) is 0 Å². The summed E-state index contributed by atoms with van der Waals surface area (Å²) in [5.74, 6) is 2.46. The summed E-state index contributed by atoms with van der Waals surface area (Å²) in [6.07, 6.45) is 18.7. The molecule has 6 rings (SSSR count). The monoisotopic (exact) mass is 577 g/mol. The number of allylic oxidation sites excluding steroid dienone is 5. The molecular weight excluding hydrogens is 518 g/mol. The van der Waals surface area contributed by atoms with Crippen molar-refractivity contribution in [3.05, 3.63) is 35.5 Å². The summed E-state index contributed by atoms with van der Waals surface area (Å²) in [7, 11) is 0. The molecule has 42 heavy (non-hydrogen) atoms. The minimum absolute atomic E-state index is 0.112. The number of hydrogen-bond acceptors (Lipinski definition) is 3. The van der Waals surface area contributed by atoms with E-state index in [1.807, 2.05) is 0 Å². The van der Waals surface area contributed by atoms with E-state index in [4.69, 9.17) is 0 Å². The summed E-state index contributed by atoms with van der Waals surface area (Å²) in [6.45, 7) is 20.8. The van der Waals surface area contributed by atoms with E-state index in [2.05, 4.69) is 65.6 Å². The van der Waals surface area contributed by atoms with E-state index in [0.29, 0.717) is 52.9 Å². The SMILES string of the molecule is C=C(C)[C@@H]1CC[C@]2(NCCO)CC[C@]3(C)[C@H](CC[C@@H]4[C@@]5(C)CC=C(C6=CCC(C(=O)O)CC6)C(C)(C)[C@@H]5CC[C@]43C)[C@@H]12. The van der Waals surface area contributed by atoms with E-state index in [-0.39, 0.29) is 23.5 Å². The Bertz CT molecular complexity index is 1180. The van der Waals surface area contributed by atoms with Gasteiger partial charge in [-0.3, -0.25) is 4.79 Å². The Morgan fingerprint density at radius 2 is 1.71 bits per heavy atom. The lowest BCUT2D eigenvalue weighted by atomic mass is 9.33. The molecule has 0 aromatic heterocycles. The summed E-state index contributed by atoms with van der Waals surface area (Å²) in [5, 5.41) is 23.3. The van der Waals surface area contributed by atoms with Crippen LogP contribution >= 0.6 is 0 Å². The average Bonchev–Trinajstić information content (AvgIpc) is 3.32. The molecule has 4 saturated carbocycles. The zero-order valence-electron chi connectivity index (χ0n) is 27.5. The first kappa shape index (κ1) is 30.6. The van der Waals surface area contributed by atoms with Crippen LogP contribution in [0.15, 0.2) is 35.5 Å². The predicted octanol–water partition coefficient (Wildman–Crippen LogP) is 8.33. The van der Waals surface area contributed by atoms with Gasteiger partial charge in [-0.05, 0) is 146 Å². The second kappa shape index (κ2) is 10.3. The van der Waals surface area contributed by atoms with Gasteiger partial charge in [0.1, 0.15) is 0 Å². The standard InChI is InChI=1S/C38H59NO3/c1-24(2)27-14-19-38(39-22-23-40)21-20-36(6)29(32(27)38)12-13-31-35(5)17-15-28(25-8-10-26(11-9-25)33(41)42)34(3,4)30(35)16-18-37(31,36)7/h8,15,26-27,29-32,39-40H,1,9-14,16-23H2,2-7H3,(H,41,42)/t26?,27-,29+,30-,31+,32+,35-,36+,37+,38-/m0/s1. The molecule has 6 aliphatic rings. The number of nitrogens with one attached hydrogen (secondary N) is 1. The van der Waals surface area contributed by atoms with E-state index >= 15 is 0 Å². The molecule has 0 radical (unpaired) electrons. The van der Waals surface area contributed by atoms with Crippen molar-refractivity contribution in [1.82, 2.24) is 5.32 Å². The number of β-amino-alcohol motifs (C(OH)–C–C–N with tert-alkyl or cyclic N) is 1. The third-order valence-corrected chi connectivity index (χ3v) is 15.3. The second-order valence-electron chi connectivity index (χ2n) is 17.1. The number of rotatable bonds is 6. The van der Waals surface area contributed by atoms with E-state index in [0.717, 1.165) is 25.2 Å². The average molecular weight is 578 g/mol. The molecule has 1 unspecified atom stereocenters. The molecule has 0 aromatic carbocycles. The van der Waals surface area contributed by atoms with Crippen molar-refractivity contribution in [2.45, 2.75) is 124 Å². The number of fused-ring (bicyclic) bond motifs is 7. The molecule has 0 spiro atoms. The van der Waals surface area contributed by atoms with Gasteiger partial charge < -0.3 is 15.5 Å². The van der Waals surface area contributed by atoms with Gasteiger partial charge >= 0.3 is 5.97 Å². The molecule has 10 atom stereocenters. The smallest absolute Gasteiger partial charge is 0.306 e. The van der Waals surface area contributed by atoms with Gasteiger partial charge in [-0.15, -0.1) is 0 Å². The summed E-state index contributed by atoms with van der Waals surface area (Å²) >= 11 is 0. The highest BCUT2D eigenvalue weighted by atomic mass is 16.4. The Kier molecular flexibility index (Phi) is 7.53. The molecule has 3 N–H and O–H groups in total. The summed E-state index contributed by atoms with van der Waals surface area (Å²) in [5.41, 5.74) is 5.56. The Morgan fingerprint density at radius 3 is 2.36 bits per heavy atom. The van der Waals surface area contributed by atoms with Crippen LogP contribution < -0.4 is 5.32 Å². The number of carbonyl (C=O) groups is 1. The molecule has 0 amide bonds. The van der Waals surface area contributed by atoms with Crippen molar-refractivity contribution in [2.75, 3.05) is 13.2 Å². The number of carboxylic acids is 1. The number of aliphatic hydroxyl groups excluding tert-OH is 1. The van der Waals surface area contributed by atoms with Crippen molar-refractivity contribution >= 4 is 5.97 Å². The lowest BCUT2D eigenvalue weighted by molar-refractivity contribution is -0.221. The van der Waals surface area contributed by atoms with E-state index < -0.39 is 5.97 Å². The van der Waals surface area contributed by atoms with Gasteiger partial charge in [0.05, 0.1) is 12.5 Å². The van der Waals surface area contributed by atoms with Gasteiger partial charge in [-0.25, -0.2) is 0 Å². The lowest BCUT2D eigenvalue weighted by Gasteiger charge is -2.72. The Balaban J connectivity index is 1.33. The predicted molar refractivity (Wildman–Crippen MR) is 171 cm³/mol. The molecule has 4 fully saturated rings. The maximum absolute atomic E-state index is 11.6. The Labute approximate surface area is 255 Å². The highest BCUT2D eigenvalue weighted by Crippen LogP contribution is 2.76. The van der Waals surface area contributed by atoms with Gasteiger partial charge in [0.15, 0.2) is 0 Å². The van der Waals surface area contributed by atoms with Crippen LogP contribution in [0.5, 0.6) is 0 Å². The quantitative estimate of drug-likeness (QED) is 0.278. The van der Waals surface area contributed by atoms with E-state index in [1.165, 1.54) is 68.1 Å². The Hall–Kier alpha value is -1.39. The largest absolute Gasteiger partial charge is 0.481 e. The molecule has 0 bridgehead atoms. The molecule has 0 aliphatic heterocycles. The third kappa shape index (κ3) is 4.16. The van der Waals surface area contributed by atoms with Crippen LogP contribution in [-0.2, 0) is 4.79 Å². The summed E-state index contributed by atoms with van der Waals surface area (Å²) in [4.78, 5) is 11.6. The van der Waals surface area contributed by atoms with Crippen molar-refractivity contribution < 1.29 is 15.0 Å². The first-order chi connectivity index (χ1) is 19.7. The zero-order valence-corrected chi connectivity index (χ0v) is 27.5. The summed E-state index contributed by atoms with van der Waals surface area (Å²) in [6, 6.07) is 0. The minimum Gasteiger partial charge on any atom is -0.481 e. The fraction of sp³-hybridized carbons (Fsp3) is 0.816. The van der Waals surface area contributed by atoms with Crippen molar-refractivity contribution in [1.29, 1.82) is 0 Å². The molecule has 4 nitrogen and oxygen atoms in total. The molecule has 6 aliphatic carbocycles. The highest BCUT2D eigenvalue weighted by molar-refractivity contribution is 5.70. The number of hydrogen-bond donors (Lipinski definition) is 3. The fourth-order valence-electron chi connectivity index (χ4n) is 13.2. The lowest BCUT2D eigenvalue weighted by Crippen LogP contribution is -2.68. The second-order valence-corrected chi connectivity index (χ2v) is 17.1. The molecular formula is C38H59NO3. The van der Waals surface area contributed by atoms with Crippen molar-refractivity contribution in [2.24, 2.45) is 57.2 Å². The first-order valence-electron chi connectivity index (χ1n) is 17.4. The van der Waals surface area contributed by atoms with E-state index in [1.54, 1.807) is 0 Å². The highest BCUT2D eigenvalue weighted by Gasteiger charge is 2.70. The van der Waals surface area contributed by atoms with Crippen LogP contribution in [0.3, 0.4) is 0 Å². The molecule has 0 aromatic rings. The maximum Gasteiger partial charge on any atom is 0.306 e. The number of aliphatic hydroxyl groups is 1. The minimum atomic E-state index is -0.637. The zero-order chi connectivity index (χ0) is 30.3. The third-order valence-electron chi connectivity index (χ3n) is 15.3. The number of aliphatic carboxylic acids is 1. The first-order valence-corrected chi connectivity index (χ1v) is 17.4. The molecule has 0 heterocycles. The molecule has 0 saturated heterocycles. The Morgan fingerprint density at radius 1 is 0.952 bits per heavy atom. The number of carboxylic acid groups (broad SMARTS) is 1. The van der Waals surface area contributed by atoms with Crippen LogP contribution in [0.1, 0.15) is 119 Å². The summed E-state index contributed by atoms with van der Waals surface area (Å²) < 4.78 is 0. The van der Waals surface area contributed by atoms with Gasteiger partial charge in [-0.1, -0.05) is 58.9 Å². The molecule has 234 valence electrons.